The Kier molecular flexibility index (Phi) is 3.74. The first-order valence-electron chi connectivity index (χ1n) is 6.91. The van der Waals surface area contributed by atoms with Gasteiger partial charge in [0.05, 0.1) is 0 Å². The number of aryl methyl sites for hydroxylation is 1. The molecule has 0 radical (unpaired) electrons. The lowest BCUT2D eigenvalue weighted by molar-refractivity contribution is 0.0833. The summed E-state index contributed by atoms with van der Waals surface area (Å²) < 4.78 is 0. The fourth-order valence-electron chi connectivity index (χ4n) is 2.27. The van der Waals surface area contributed by atoms with Crippen LogP contribution < -0.4 is 5.32 Å². The lowest BCUT2D eigenvalue weighted by Gasteiger charge is -2.21. The van der Waals surface area contributed by atoms with E-state index >= 15 is 0 Å². The number of ketones is 1. The molecule has 0 fully saturated rings. The Morgan fingerprint density at radius 1 is 1.37 bits per heavy atom. The van der Waals surface area contributed by atoms with Gasteiger partial charge in [-0.25, -0.2) is 0 Å². The van der Waals surface area contributed by atoms with E-state index in [0.717, 1.165) is 24.8 Å². The van der Waals surface area contributed by atoms with Crippen molar-refractivity contribution in [3.8, 4) is 0 Å². The molecule has 1 heterocycles. The van der Waals surface area contributed by atoms with Crippen LogP contribution in [0.5, 0.6) is 0 Å². The molecule has 19 heavy (non-hydrogen) atoms. The Balaban J connectivity index is 2.40. The molecular formula is C16H21NO2. The predicted octanol–water partition coefficient (Wildman–Crippen LogP) is 2.98. The molecule has 0 aliphatic carbocycles. The van der Waals surface area contributed by atoms with E-state index in [4.69, 9.17) is 0 Å². The Bertz CT molecular complexity index is 517. The maximum Gasteiger partial charge on any atom is 0.251 e. The van der Waals surface area contributed by atoms with Crippen molar-refractivity contribution < 1.29 is 9.59 Å². The molecular weight excluding hydrogens is 238 g/mol. The average molecular weight is 259 g/mol. The first-order valence-corrected chi connectivity index (χ1v) is 6.91. The fourth-order valence-corrected chi connectivity index (χ4v) is 2.27. The van der Waals surface area contributed by atoms with Crippen LogP contribution in [0.3, 0.4) is 0 Å². The monoisotopic (exact) mass is 259 g/mol. The van der Waals surface area contributed by atoms with Crippen molar-refractivity contribution in [3.63, 3.8) is 0 Å². The normalized spacial score (nSPS) is 15.4. The standard InChI is InChI=1S/C16H21NO2/c1-4-16(2,3)14(18)12-8-7-11-6-5-9-17-15(19)13(11)10-12/h7-8,10H,4-6,9H2,1-3H3,(H,17,19). The molecule has 2 rings (SSSR count). The summed E-state index contributed by atoms with van der Waals surface area (Å²) in [4.78, 5) is 24.4. The number of hydrogen-bond donors (Lipinski definition) is 1. The van der Waals surface area contributed by atoms with Crippen LogP contribution in [0.1, 0.15) is 59.9 Å². The van der Waals surface area contributed by atoms with Crippen LogP contribution in [-0.4, -0.2) is 18.2 Å². The van der Waals surface area contributed by atoms with Crippen molar-refractivity contribution in [2.24, 2.45) is 5.41 Å². The largest absolute Gasteiger partial charge is 0.352 e. The molecule has 3 heteroatoms. The van der Waals surface area contributed by atoms with E-state index in [0.29, 0.717) is 17.7 Å². The van der Waals surface area contributed by atoms with Crippen LogP contribution in [0.15, 0.2) is 18.2 Å². The fraction of sp³-hybridized carbons (Fsp3) is 0.500. The molecule has 1 amide bonds. The second-order valence-corrected chi connectivity index (χ2v) is 5.80. The highest BCUT2D eigenvalue weighted by Crippen LogP contribution is 2.27. The molecule has 3 nitrogen and oxygen atoms in total. The van der Waals surface area contributed by atoms with Gasteiger partial charge in [-0.05, 0) is 30.9 Å². The molecule has 0 unspecified atom stereocenters. The highest BCUT2D eigenvalue weighted by molar-refractivity contribution is 6.03. The number of nitrogens with one attached hydrogen (secondary N) is 1. The Hall–Kier alpha value is -1.64. The van der Waals surface area contributed by atoms with Gasteiger partial charge in [-0.3, -0.25) is 9.59 Å². The number of carbonyl (C=O) groups is 2. The molecule has 0 saturated heterocycles. The van der Waals surface area contributed by atoms with Gasteiger partial charge in [-0.1, -0.05) is 32.9 Å². The quantitative estimate of drug-likeness (QED) is 0.848. The van der Waals surface area contributed by atoms with Crippen LogP contribution in [0.25, 0.3) is 0 Å². The van der Waals surface area contributed by atoms with E-state index in [9.17, 15) is 9.59 Å². The molecule has 0 spiro atoms. The van der Waals surface area contributed by atoms with Crippen molar-refractivity contribution in [1.29, 1.82) is 0 Å². The molecule has 0 atom stereocenters. The number of Topliss-reactive ketones (excluding diaryl/α,β-unsaturated/α-hetero) is 1. The van der Waals surface area contributed by atoms with Crippen molar-refractivity contribution in [2.75, 3.05) is 6.54 Å². The smallest absolute Gasteiger partial charge is 0.251 e. The van der Waals surface area contributed by atoms with Crippen LogP contribution in [0.4, 0.5) is 0 Å². The zero-order valence-electron chi connectivity index (χ0n) is 11.9. The van der Waals surface area contributed by atoms with Crippen molar-refractivity contribution in [3.05, 3.63) is 34.9 Å². The van der Waals surface area contributed by atoms with E-state index in [1.54, 1.807) is 6.07 Å². The molecule has 1 aromatic rings. The van der Waals surface area contributed by atoms with Gasteiger partial charge in [-0.2, -0.15) is 0 Å². The average Bonchev–Trinajstić information content (AvgIpc) is 2.59. The maximum atomic E-state index is 12.4. The van der Waals surface area contributed by atoms with Gasteiger partial charge in [0.15, 0.2) is 5.78 Å². The van der Waals surface area contributed by atoms with Gasteiger partial charge in [0.2, 0.25) is 0 Å². The lowest BCUT2D eigenvalue weighted by atomic mass is 9.81. The summed E-state index contributed by atoms with van der Waals surface area (Å²) in [5.41, 5.74) is 1.97. The second kappa shape index (κ2) is 5.16. The van der Waals surface area contributed by atoms with Gasteiger partial charge < -0.3 is 5.32 Å². The number of carbonyl (C=O) groups excluding carboxylic acids is 2. The Morgan fingerprint density at radius 2 is 2.11 bits per heavy atom. The number of benzene rings is 1. The number of amides is 1. The first-order chi connectivity index (χ1) is 8.95. The molecule has 1 aliphatic rings. The van der Waals surface area contributed by atoms with Crippen LogP contribution >= 0.6 is 0 Å². The van der Waals surface area contributed by atoms with E-state index in [1.165, 1.54) is 0 Å². The molecule has 1 N–H and O–H groups in total. The molecule has 1 aromatic carbocycles. The van der Waals surface area contributed by atoms with E-state index < -0.39 is 0 Å². The van der Waals surface area contributed by atoms with Crippen molar-refractivity contribution in [2.45, 2.75) is 40.0 Å². The molecule has 0 bridgehead atoms. The number of hydrogen-bond acceptors (Lipinski definition) is 2. The highest BCUT2D eigenvalue weighted by atomic mass is 16.1. The second-order valence-electron chi connectivity index (χ2n) is 5.80. The third kappa shape index (κ3) is 2.70. The van der Waals surface area contributed by atoms with Gasteiger partial charge in [0, 0.05) is 23.1 Å². The third-order valence-electron chi connectivity index (χ3n) is 4.02. The Labute approximate surface area is 114 Å². The van der Waals surface area contributed by atoms with Gasteiger partial charge >= 0.3 is 0 Å². The zero-order valence-corrected chi connectivity index (χ0v) is 11.9. The van der Waals surface area contributed by atoms with Crippen LogP contribution in [0, 0.1) is 5.41 Å². The van der Waals surface area contributed by atoms with E-state index in [-0.39, 0.29) is 17.1 Å². The summed E-state index contributed by atoms with van der Waals surface area (Å²) in [7, 11) is 0. The molecule has 0 aromatic heterocycles. The SMILES string of the molecule is CCC(C)(C)C(=O)c1ccc2c(c1)C(=O)NCCC2. The van der Waals surface area contributed by atoms with E-state index in [2.05, 4.69) is 5.32 Å². The van der Waals surface area contributed by atoms with Crippen LogP contribution in [-0.2, 0) is 6.42 Å². The molecule has 0 saturated carbocycles. The molecule has 1 aliphatic heterocycles. The first kappa shape index (κ1) is 13.8. The summed E-state index contributed by atoms with van der Waals surface area (Å²) in [6, 6.07) is 5.55. The van der Waals surface area contributed by atoms with Crippen molar-refractivity contribution >= 4 is 11.7 Å². The number of rotatable bonds is 3. The lowest BCUT2D eigenvalue weighted by Crippen LogP contribution is -2.25. The minimum atomic E-state index is -0.380. The molecule has 102 valence electrons. The maximum absolute atomic E-state index is 12.4. The summed E-state index contributed by atoms with van der Waals surface area (Å²) in [6.45, 7) is 6.60. The topological polar surface area (TPSA) is 46.2 Å². The van der Waals surface area contributed by atoms with E-state index in [1.807, 2.05) is 32.9 Å². The summed E-state index contributed by atoms with van der Waals surface area (Å²) >= 11 is 0. The van der Waals surface area contributed by atoms with Crippen LogP contribution in [0.2, 0.25) is 0 Å². The number of fused-ring (bicyclic) bond motifs is 1. The Morgan fingerprint density at radius 3 is 2.79 bits per heavy atom. The van der Waals surface area contributed by atoms with Gasteiger partial charge in [-0.15, -0.1) is 0 Å². The van der Waals surface area contributed by atoms with Crippen molar-refractivity contribution in [1.82, 2.24) is 5.32 Å². The van der Waals surface area contributed by atoms with Gasteiger partial charge in [0.25, 0.3) is 5.91 Å². The summed E-state index contributed by atoms with van der Waals surface area (Å²) in [5, 5.41) is 2.87. The summed E-state index contributed by atoms with van der Waals surface area (Å²) in [5.74, 6) is 0.0475. The summed E-state index contributed by atoms with van der Waals surface area (Å²) in [6.07, 6.45) is 2.63. The highest BCUT2D eigenvalue weighted by Gasteiger charge is 2.27. The van der Waals surface area contributed by atoms with Gasteiger partial charge in [0.1, 0.15) is 0 Å². The zero-order chi connectivity index (χ0) is 14.0. The minimum Gasteiger partial charge on any atom is -0.352 e. The minimum absolute atomic E-state index is 0.0588. The third-order valence-corrected chi connectivity index (χ3v) is 4.02. The predicted molar refractivity (Wildman–Crippen MR) is 75.5 cm³/mol.